The average molecular weight is 385 g/mol. The first-order valence-electron chi connectivity index (χ1n) is 5.98. The number of carbonyl (C=O) groups is 1. The number of benzene rings is 2. The van der Waals surface area contributed by atoms with Gasteiger partial charge in [-0.25, -0.2) is 0 Å². The lowest BCUT2D eigenvalue weighted by Gasteiger charge is -2.04. The number of carbonyl (C=O) groups excluding carboxylic acids is 1. The molecular formula is C15H8BrCl2NO2. The highest BCUT2D eigenvalue weighted by Gasteiger charge is 2.14. The van der Waals surface area contributed by atoms with Gasteiger partial charge in [-0.05, 0) is 36.4 Å². The summed E-state index contributed by atoms with van der Waals surface area (Å²) in [5.41, 5.74) is 1.15. The first kappa shape index (κ1) is 14.4. The normalized spacial score (nSPS) is 10.8. The van der Waals surface area contributed by atoms with E-state index in [2.05, 4.69) is 21.2 Å². The lowest BCUT2D eigenvalue weighted by molar-refractivity contribution is 0.0998. The summed E-state index contributed by atoms with van der Waals surface area (Å²) in [4.78, 5) is 12.2. The number of rotatable bonds is 2. The van der Waals surface area contributed by atoms with Gasteiger partial charge in [0.1, 0.15) is 5.58 Å². The molecule has 0 spiro atoms. The van der Waals surface area contributed by atoms with Crippen LogP contribution in [0.1, 0.15) is 10.6 Å². The van der Waals surface area contributed by atoms with Crippen LogP contribution in [-0.2, 0) is 0 Å². The van der Waals surface area contributed by atoms with Crippen molar-refractivity contribution in [3.05, 3.63) is 62.7 Å². The van der Waals surface area contributed by atoms with Gasteiger partial charge in [0.05, 0.1) is 0 Å². The van der Waals surface area contributed by atoms with Crippen molar-refractivity contribution in [2.45, 2.75) is 0 Å². The number of furan rings is 1. The largest absolute Gasteiger partial charge is 0.451 e. The Morgan fingerprint density at radius 1 is 1.10 bits per heavy atom. The first-order valence-corrected chi connectivity index (χ1v) is 7.53. The van der Waals surface area contributed by atoms with E-state index in [0.717, 1.165) is 9.86 Å². The highest BCUT2D eigenvalue weighted by molar-refractivity contribution is 9.10. The van der Waals surface area contributed by atoms with E-state index in [4.69, 9.17) is 27.6 Å². The van der Waals surface area contributed by atoms with Crippen molar-refractivity contribution in [3.63, 3.8) is 0 Å². The van der Waals surface area contributed by atoms with Crippen LogP contribution in [0.2, 0.25) is 10.0 Å². The predicted molar refractivity (Wildman–Crippen MR) is 88.3 cm³/mol. The molecular weight excluding hydrogens is 377 g/mol. The Labute approximate surface area is 139 Å². The van der Waals surface area contributed by atoms with Crippen LogP contribution >= 0.6 is 39.1 Å². The van der Waals surface area contributed by atoms with Gasteiger partial charge < -0.3 is 9.73 Å². The minimum Gasteiger partial charge on any atom is -0.451 e. The monoisotopic (exact) mass is 383 g/mol. The Balaban J connectivity index is 1.91. The van der Waals surface area contributed by atoms with Crippen molar-refractivity contribution in [2.24, 2.45) is 0 Å². The summed E-state index contributed by atoms with van der Waals surface area (Å²) >= 11 is 15.2. The lowest BCUT2D eigenvalue weighted by Crippen LogP contribution is -2.10. The number of anilines is 1. The molecule has 0 aliphatic carbocycles. The zero-order valence-electron chi connectivity index (χ0n) is 10.5. The van der Waals surface area contributed by atoms with Crippen LogP contribution in [0.15, 0.2) is 51.4 Å². The third-order valence-electron chi connectivity index (χ3n) is 2.85. The Bertz CT molecular complexity index is 825. The second-order valence-corrected chi connectivity index (χ2v) is 6.10. The molecule has 0 radical (unpaired) electrons. The van der Waals surface area contributed by atoms with Gasteiger partial charge in [-0.1, -0.05) is 45.2 Å². The molecule has 106 valence electrons. The van der Waals surface area contributed by atoms with Crippen LogP contribution in [0.3, 0.4) is 0 Å². The fourth-order valence-corrected chi connectivity index (χ4v) is 2.94. The van der Waals surface area contributed by atoms with Crippen molar-refractivity contribution in [1.82, 2.24) is 0 Å². The molecule has 3 rings (SSSR count). The maximum atomic E-state index is 12.2. The van der Waals surface area contributed by atoms with E-state index in [-0.39, 0.29) is 11.7 Å². The van der Waals surface area contributed by atoms with E-state index in [1.807, 2.05) is 12.1 Å². The van der Waals surface area contributed by atoms with Gasteiger partial charge in [-0.15, -0.1) is 0 Å². The molecule has 0 aliphatic rings. The molecule has 0 saturated heterocycles. The quantitative estimate of drug-likeness (QED) is 0.610. The second kappa shape index (κ2) is 5.72. The Hall–Kier alpha value is -1.49. The van der Waals surface area contributed by atoms with Gasteiger partial charge in [0, 0.05) is 25.6 Å². The molecule has 1 N–H and O–H groups in total. The maximum absolute atomic E-state index is 12.2. The molecule has 3 nitrogen and oxygen atoms in total. The van der Waals surface area contributed by atoms with Gasteiger partial charge in [-0.2, -0.15) is 0 Å². The number of halogens is 3. The van der Waals surface area contributed by atoms with Gasteiger partial charge in [0.25, 0.3) is 5.91 Å². The molecule has 0 fully saturated rings. The molecule has 0 saturated carbocycles. The molecule has 0 bridgehead atoms. The number of nitrogens with one attached hydrogen (secondary N) is 1. The van der Waals surface area contributed by atoms with Gasteiger partial charge >= 0.3 is 0 Å². The summed E-state index contributed by atoms with van der Waals surface area (Å²) in [6.45, 7) is 0. The molecule has 1 heterocycles. The van der Waals surface area contributed by atoms with E-state index >= 15 is 0 Å². The summed E-state index contributed by atoms with van der Waals surface area (Å²) in [6, 6.07) is 12.0. The first-order chi connectivity index (χ1) is 10.0. The Kier molecular flexibility index (Phi) is 3.93. The van der Waals surface area contributed by atoms with E-state index < -0.39 is 0 Å². The van der Waals surface area contributed by atoms with Crippen molar-refractivity contribution in [1.29, 1.82) is 0 Å². The van der Waals surface area contributed by atoms with Crippen molar-refractivity contribution in [3.8, 4) is 0 Å². The van der Waals surface area contributed by atoms with E-state index in [9.17, 15) is 4.79 Å². The predicted octanol–water partition coefficient (Wildman–Crippen LogP) is 5.75. The maximum Gasteiger partial charge on any atom is 0.291 e. The number of amides is 1. The molecule has 3 aromatic rings. The van der Waals surface area contributed by atoms with Crippen molar-refractivity contribution >= 4 is 61.7 Å². The van der Waals surface area contributed by atoms with Crippen LogP contribution in [0.4, 0.5) is 5.69 Å². The third-order valence-corrected chi connectivity index (χ3v) is 3.98. The topological polar surface area (TPSA) is 42.2 Å². The van der Waals surface area contributed by atoms with E-state index in [1.165, 1.54) is 0 Å². The number of hydrogen-bond acceptors (Lipinski definition) is 2. The zero-order chi connectivity index (χ0) is 15.0. The number of fused-ring (bicyclic) bond motifs is 1. The highest BCUT2D eigenvalue weighted by atomic mass is 79.9. The second-order valence-electron chi connectivity index (χ2n) is 4.37. The zero-order valence-corrected chi connectivity index (χ0v) is 13.6. The molecule has 0 unspecified atom stereocenters. The summed E-state index contributed by atoms with van der Waals surface area (Å²) in [5, 5.41) is 4.44. The minimum atomic E-state index is -0.364. The van der Waals surface area contributed by atoms with Gasteiger partial charge in [-0.3, -0.25) is 4.79 Å². The lowest BCUT2D eigenvalue weighted by atomic mass is 10.2. The summed E-state index contributed by atoms with van der Waals surface area (Å²) < 4.78 is 6.40. The molecule has 0 atom stereocenters. The summed E-state index contributed by atoms with van der Waals surface area (Å²) in [5.74, 6) is -0.149. The van der Waals surface area contributed by atoms with Crippen LogP contribution in [0, 0.1) is 0 Å². The van der Waals surface area contributed by atoms with E-state index in [1.54, 1.807) is 30.3 Å². The smallest absolute Gasteiger partial charge is 0.291 e. The third kappa shape index (κ3) is 3.07. The Morgan fingerprint density at radius 2 is 1.81 bits per heavy atom. The molecule has 21 heavy (non-hydrogen) atoms. The molecule has 1 aromatic heterocycles. The highest BCUT2D eigenvalue weighted by Crippen LogP contribution is 2.28. The molecule has 6 heteroatoms. The van der Waals surface area contributed by atoms with Crippen LogP contribution < -0.4 is 5.32 Å². The van der Waals surface area contributed by atoms with Crippen LogP contribution in [0.5, 0.6) is 0 Å². The average Bonchev–Trinajstić information content (AvgIpc) is 2.83. The molecule has 1 amide bonds. The van der Waals surface area contributed by atoms with Crippen molar-refractivity contribution in [2.75, 3.05) is 5.32 Å². The van der Waals surface area contributed by atoms with Crippen LogP contribution in [-0.4, -0.2) is 5.91 Å². The molecule has 0 aliphatic heterocycles. The molecule has 2 aromatic carbocycles. The van der Waals surface area contributed by atoms with Gasteiger partial charge in [0.15, 0.2) is 5.76 Å². The SMILES string of the molecule is O=C(Nc1cc(Cl)cc(Cl)c1)c1cc2c(Br)cccc2o1. The van der Waals surface area contributed by atoms with E-state index in [0.29, 0.717) is 21.3 Å². The van der Waals surface area contributed by atoms with Crippen LogP contribution in [0.25, 0.3) is 11.0 Å². The standard InChI is InChI=1S/C15H8BrCl2NO2/c16-12-2-1-3-13-11(12)7-14(21-13)15(20)19-10-5-8(17)4-9(18)6-10/h1-7H,(H,19,20). The van der Waals surface area contributed by atoms with Crippen molar-refractivity contribution < 1.29 is 9.21 Å². The van der Waals surface area contributed by atoms with Gasteiger partial charge in [0.2, 0.25) is 0 Å². The summed E-state index contributed by atoms with van der Waals surface area (Å²) in [7, 11) is 0. The fourth-order valence-electron chi connectivity index (χ4n) is 1.96. The fraction of sp³-hybridized carbons (Fsp3) is 0. The summed E-state index contributed by atoms with van der Waals surface area (Å²) in [6.07, 6.45) is 0. The Morgan fingerprint density at radius 3 is 2.48 bits per heavy atom. The minimum absolute atomic E-state index is 0.216. The number of hydrogen-bond donors (Lipinski definition) is 1.